The number of carbonyl (C=O) groups excluding carboxylic acids is 1. The van der Waals surface area contributed by atoms with Crippen LogP contribution in [-0.4, -0.2) is 69.5 Å². The molecule has 7 heteroatoms. The molecule has 1 heterocycles. The Morgan fingerprint density at radius 2 is 1.82 bits per heavy atom. The lowest BCUT2D eigenvalue weighted by atomic mass is 9.85. The van der Waals surface area contributed by atoms with E-state index in [1.54, 1.807) is 26.2 Å². The van der Waals surface area contributed by atoms with E-state index in [-0.39, 0.29) is 55.8 Å². The molecule has 1 aliphatic carbocycles. The predicted octanol–water partition coefficient (Wildman–Crippen LogP) is 1.70. The first-order chi connectivity index (χ1) is 10.4. The van der Waals surface area contributed by atoms with Gasteiger partial charge in [-0.1, -0.05) is 0 Å². The van der Waals surface area contributed by atoms with Crippen LogP contribution in [0.25, 0.3) is 0 Å². The lowest BCUT2D eigenvalue weighted by molar-refractivity contribution is -0.168. The van der Waals surface area contributed by atoms with Crippen LogP contribution in [0.5, 0.6) is 0 Å². The van der Waals surface area contributed by atoms with Gasteiger partial charge in [0.25, 0.3) is 0 Å². The average Bonchev–Trinajstić information content (AvgIpc) is 2.52. The lowest BCUT2D eigenvalue weighted by Gasteiger charge is -2.42. The molecule has 128 valence electrons. The molecule has 2 rings (SSSR count). The molecule has 1 saturated heterocycles. The highest BCUT2D eigenvalue weighted by molar-refractivity contribution is 5.79. The molecule has 0 bridgehead atoms. The summed E-state index contributed by atoms with van der Waals surface area (Å²) in [6, 6.07) is -0.265. The van der Waals surface area contributed by atoms with Gasteiger partial charge in [0, 0.05) is 40.0 Å². The van der Waals surface area contributed by atoms with Crippen LogP contribution in [0.1, 0.15) is 25.7 Å². The minimum Gasteiger partial charge on any atom is -0.376 e. The Labute approximate surface area is 129 Å². The molecule has 22 heavy (non-hydrogen) atoms. The van der Waals surface area contributed by atoms with E-state index in [0.29, 0.717) is 13.2 Å². The summed E-state index contributed by atoms with van der Waals surface area (Å²) in [4.78, 5) is 14.2. The van der Waals surface area contributed by atoms with Crippen molar-refractivity contribution in [3.8, 4) is 0 Å². The molecule has 1 aliphatic heterocycles. The maximum atomic E-state index is 13.2. The van der Waals surface area contributed by atoms with Crippen molar-refractivity contribution >= 4 is 5.91 Å². The highest BCUT2D eigenvalue weighted by Gasteiger charge is 2.42. The van der Waals surface area contributed by atoms with Crippen LogP contribution < -0.4 is 0 Å². The molecular weight excluding hydrogens is 296 g/mol. The van der Waals surface area contributed by atoms with Gasteiger partial charge >= 0.3 is 0 Å². The van der Waals surface area contributed by atoms with Crippen LogP contribution >= 0.6 is 0 Å². The van der Waals surface area contributed by atoms with E-state index in [4.69, 9.17) is 14.2 Å². The molecule has 0 N–H and O–H groups in total. The van der Waals surface area contributed by atoms with E-state index in [2.05, 4.69) is 0 Å². The zero-order chi connectivity index (χ0) is 16.3. The van der Waals surface area contributed by atoms with Gasteiger partial charge < -0.3 is 19.1 Å². The maximum Gasteiger partial charge on any atom is 0.248 e. The van der Waals surface area contributed by atoms with E-state index in [9.17, 15) is 13.6 Å². The summed E-state index contributed by atoms with van der Waals surface area (Å²) in [5, 5.41) is 0. The molecule has 2 fully saturated rings. The number of ether oxygens (including phenoxy) is 3. The molecule has 0 aromatic carbocycles. The number of hydrogen-bond donors (Lipinski definition) is 0. The number of amides is 1. The van der Waals surface area contributed by atoms with E-state index in [1.807, 2.05) is 0 Å². The van der Waals surface area contributed by atoms with Gasteiger partial charge in [-0.25, -0.2) is 8.78 Å². The van der Waals surface area contributed by atoms with Crippen LogP contribution in [0, 0.1) is 5.92 Å². The van der Waals surface area contributed by atoms with E-state index in [0.717, 1.165) is 0 Å². The SMILES string of the molecule is CO[C@H]1[C@H](N(C)C(=O)C2CCC(F)(F)CC2)COC[C@H]1OC. The maximum absolute atomic E-state index is 13.2. The van der Waals surface area contributed by atoms with Crippen molar-refractivity contribution in [2.24, 2.45) is 5.92 Å². The number of hydrogen-bond acceptors (Lipinski definition) is 4. The van der Waals surface area contributed by atoms with Crippen molar-refractivity contribution in [1.29, 1.82) is 0 Å². The van der Waals surface area contributed by atoms with Gasteiger partial charge in [-0.3, -0.25) is 4.79 Å². The molecule has 0 aromatic rings. The van der Waals surface area contributed by atoms with Crippen molar-refractivity contribution in [3.05, 3.63) is 0 Å². The largest absolute Gasteiger partial charge is 0.376 e. The first-order valence-corrected chi connectivity index (χ1v) is 7.67. The summed E-state index contributed by atoms with van der Waals surface area (Å²) >= 11 is 0. The molecule has 0 spiro atoms. The fourth-order valence-corrected chi connectivity index (χ4v) is 3.32. The van der Waals surface area contributed by atoms with Gasteiger partial charge in [0.1, 0.15) is 12.2 Å². The molecule has 5 nitrogen and oxygen atoms in total. The third-order valence-corrected chi connectivity index (χ3v) is 4.80. The smallest absolute Gasteiger partial charge is 0.248 e. The summed E-state index contributed by atoms with van der Waals surface area (Å²) in [7, 11) is 4.84. The van der Waals surface area contributed by atoms with Crippen molar-refractivity contribution in [3.63, 3.8) is 0 Å². The Bertz CT molecular complexity index is 384. The highest BCUT2D eigenvalue weighted by atomic mass is 19.3. The van der Waals surface area contributed by atoms with Crippen molar-refractivity contribution in [2.45, 2.75) is 49.9 Å². The number of nitrogens with zero attached hydrogens (tertiary/aromatic N) is 1. The average molecular weight is 321 g/mol. The number of rotatable bonds is 4. The quantitative estimate of drug-likeness (QED) is 0.791. The summed E-state index contributed by atoms with van der Waals surface area (Å²) in [6.45, 7) is 0.784. The molecular formula is C15H25F2NO4. The fraction of sp³-hybridized carbons (Fsp3) is 0.933. The third kappa shape index (κ3) is 3.75. The zero-order valence-electron chi connectivity index (χ0n) is 13.4. The molecule has 3 atom stereocenters. The van der Waals surface area contributed by atoms with Crippen LogP contribution in [0.2, 0.25) is 0 Å². The molecule has 0 radical (unpaired) electrons. The van der Waals surface area contributed by atoms with Crippen molar-refractivity contribution in [2.75, 3.05) is 34.5 Å². The second-order valence-electron chi connectivity index (χ2n) is 6.16. The number of methoxy groups -OCH3 is 2. The molecule has 0 unspecified atom stereocenters. The van der Waals surface area contributed by atoms with Gasteiger partial charge in [-0.2, -0.15) is 0 Å². The Kier molecular flexibility index (Phi) is 5.74. The van der Waals surface area contributed by atoms with Crippen LogP contribution in [-0.2, 0) is 19.0 Å². The van der Waals surface area contributed by atoms with Gasteiger partial charge in [0.05, 0.1) is 19.3 Å². The van der Waals surface area contributed by atoms with Gasteiger partial charge in [-0.05, 0) is 12.8 Å². The van der Waals surface area contributed by atoms with Gasteiger partial charge in [-0.15, -0.1) is 0 Å². The van der Waals surface area contributed by atoms with Crippen molar-refractivity contribution in [1.82, 2.24) is 4.90 Å². The number of carbonyl (C=O) groups is 1. The number of halogens is 2. The van der Waals surface area contributed by atoms with Gasteiger partial charge in [0.15, 0.2) is 0 Å². The predicted molar refractivity (Wildman–Crippen MR) is 75.9 cm³/mol. The lowest BCUT2D eigenvalue weighted by Crippen LogP contribution is -2.58. The number of likely N-dealkylation sites (N-methyl/N-ethyl adjacent to an activating group) is 1. The van der Waals surface area contributed by atoms with Crippen molar-refractivity contribution < 1.29 is 27.8 Å². The molecule has 1 amide bonds. The normalized spacial score (nSPS) is 32.7. The Balaban J connectivity index is 2.00. The Morgan fingerprint density at radius 1 is 1.18 bits per heavy atom. The van der Waals surface area contributed by atoms with E-state index in [1.165, 1.54) is 0 Å². The molecule has 2 aliphatic rings. The van der Waals surface area contributed by atoms with Crippen LogP contribution in [0.3, 0.4) is 0 Å². The Morgan fingerprint density at radius 3 is 2.36 bits per heavy atom. The Hall–Kier alpha value is -0.790. The van der Waals surface area contributed by atoms with E-state index < -0.39 is 5.92 Å². The summed E-state index contributed by atoms with van der Waals surface area (Å²) in [5.41, 5.74) is 0. The molecule has 1 saturated carbocycles. The topological polar surface area (TPSA) is 48.0 Å². The number of alkyl halides is 2. The van der Waals surface area contributed by atoms with Crippen LogP contribution in [0.4, 0.5) is 8.78 Å². The molecule has 0 aromatic heterocycles. The van der Waals surface area contributed by atoms with Gasteiger partial charge in [0.2, 0.25) is 11.8 Å². The third-order valence-electron chi connectivity index (χ3n) is 4.80. The first kappa shape index (κ1) is 17.6. The monoisotopic (exact) mass is 321 g/mol. The van der Waals surface area contributed by atoms with Crippen LogP contribution in [0.15, 0.2) is 0 Å². The zero-order valence-corrected chi connectivity index (χ0v) is 13.4. The van der Waals surface area contributed by atoms with E-state index >= 15 is 0 Å². The second kappa shape index (κ2) is 7.19. The minimum atomic E-state index is -2.63. The summed E-state index contributed by atoms with van der Waals surface area (Å²) in [5.74, 6) is -3.08. The summed E-state index contributed by atoms with van der Waals surface area (Å²) in [6.07, 6.45) is -0.489. The standard InChI is InChI=1S/C15H25F2NO4/c1-18(11-8-22-9-12(20-2)13(11)21-3)14(19)10-4-6-15(16,17)7-5-10/h10-13H,4-9H2,1-3H3/t11-,12-,13+/m1/s1. The minimum absolute atomic E-state index is 0.108. The summed E-state index contributed by atoms with van der Waals surface area (Å²) < 4.78 is 42.8. The highest BCUT2D eigenvalue weighted by Crippen LogP contribution is 2.37. The fourth-order valence-electron chi connectivity index (χ4n) is 3.32. The second-order valence-corrected chi connectivity index (χ2v) is 6.16. The first-order valence-electron chi connectivity index (χ1n) is 7.67.